The van der Waals surface area contributed by atoms with E-state index < -0.39 is 5.91 Å². The van der Waals surface area contributed by atoms with Crippen molar-refractivity contribution in [1.29, 1.82) is 0 Å². The average molecular weight is 455 g/mol. The highest BCUT2D eigenvalue weighted by Gasteiger charge is 2.18. The van der Waals surface area contributed by atoms with Crippen LogP contribution >= 0.6 is 11.6 Å². The van der Waals surface area contributed by atoms with Crippen LogP contribution in [0.2, 0.25) is 5.02 Å². The summed E-state index contributed by atoms with van der Waals surface area (Å²) in [6.07, 6.45) is 3.90. The molecule has 0 aliphatic carbocycles. The van der Waals surface area contributed by atoms with Crippen molar-refractivity contribution in [1.82, 2.24) is 19.7 Å². The Morgan fingerprint density at radius 1 is 1.09 bits per heavy atom. The molecule has 0 fully saturated rings. The number of benzene rings is 3. The predicted octanol–water partition coefficient (Wildman–Crippen LogP) is 4.84. The minimum Gasteiger partial charge on any atom is -0.365 e. The Kier molecular flexibility index (Phi) is 5.46. The maximum atomic E-state index is 12.1. The van der Waals surface area contributed by atoms with Crippen molar-refractivity contribution in [2.45, 2.75) is 6.42 Å². The Morgan fingerprint density at radius 3 is 2.70 bits per heavy atom. The predicted molar refractivity (Wildman–Crippen MR) is 130 cm³/mol. The zero-order valence-electron chi connectivity index (χ0n) is 17.4. The van der Waals surface area contributed by atoms with Gasteiger partial charge in [-0.05, 0) is 47.5 Å². The number of nitrogens with one attached hydrogen (secondary N) is 1. The highest BCUT2D eigenvalue weighted by Crippen LogP contribution is 2.23. The number of rotatable bonds is 6. The van der Waals surface area contributed by atoms with E-state index in [1.807, 2.05) is 71.3 Å². The van der Waals surface area contributed by atoms with Gasteiger partial charge in [0.2, 0.25) is 0 Å². The van der Waals surface area contributed by atoms with Crippen molar-refractivity contribution in [2.75, 3.05) is 0 Å². The molecule has 3 N–H and O–H groups in total. The van der Waals surface area contributed by atoms with Gasteiger partial charge >= 0.3 is 0 Å². The number of halogens is 1. The van der Waals surface area contributed by atoms with Crippen LogP contribution in [-0.2, 0) is 6.42 Å². The molecule has 1 amide bonds. The van der Waals surface area contributed by atoms with Gasteiger partial charge in [-0.2, -0.15) is 5.10 Å². The first-order valence-corrected chi connectivity index (χ1v) is 10.6. The second-order valence-corrected chi connectivity index (χ2v) is 7.96. The van der Waals surface area contributed by atoms with Crippen LogP contribution in [0.15, 0.2) is 84.1 Å². The van der Waals surface area contributed by atoms with Gasteiger partial charge in [0, 0.05) is 23.3 Å². The number of amides is 1. The molecule has 0 spiro atoms. The van der Waals surface area contributed by atoms with Crippen molar-refractivity contribution < 1.29 is 4.79 Å². The summed E-state index contributed by atoms with van der Waals surface area (Å²) < 4.78 is 2.03. The topological polar surface area (TPSA) is 102 Å². The van der Waals surface area contributed by atoms with Gasteiger partial charge in [-0.25, -0.2) is 9.98 Å². The smallest absolute Gasteiger partial charge is 0.254 e. The Labute approximate surface area is 194 Å². The van der Waals surface area contributed by atoms with Crippen LogP contribution in [0.25, 0.3) is 16.7 Å². The van der Waals surface area contributed by atoms with Crippen molar-refractivity contribution in [2.24, 2.45) is 10.7 Å². The number of hydrogen-bond acceptors (Lipinski definition) is 4. The van der Waals surface area contributed by atoms with Gasteiger partial charge in [-0.15, -0.1) is 0 Å². The van der Waals surface area contributed by atoms with E-state index in [-0.39, 0.29) is 11.4 Å². The number of imidazole rings is 1. The van der Waals surface area contributed by atoms with Gasteiger partial charge < -0.3 is 5.73 Å². The number of H-pyrrole nitrogens is 1. The molecule has 8 heteroatoms. The summed E-state index contributed by atoms with van der Waals surface area (Å²) in [4.78, 5) is 20.9. The number of aliphatic imine (C=N–C) groups is 1. The standard InChI is InChI=1S/C25H19ClN6O/c26-18-5-3-4-17(12-18)13-21-23(24(27)33)25(31-30-21)28-14-16-8-10-19(11-9-16)32-15-29-20-6-1-2-7-22(20)32/h1-12,14-15H,13H2,(H2,27,33)(H,30,31). The molecular formula is C25H19ClN6O. The van der Waals surface area contributed by atoms with E-state index in [1.54, 1.807) is 18.6 Å². The van der Waals surface area contributed by atoms with Crippen LogP contribution in [0, 0.1) is 0 Å². The van der Waals surface area contributed by atoms with E-state index in [9.17, 15) is 4.79 Å². The van der Waals surface area contributed by atoms with Crippen LogP contribution in [-0.4, -0.2) is 31.9 Å². The van der Waals surface area contributed by atoms with Crippen LogP contribution in [0.1, 0.15) is 27.2 Å². The maximum absolute atomic E-state index is 12.1. The fourth-order valence-corrected chi connectivity index (χ4v) is 3.93. The van der Waals surface area contributed by atoms with Gasteiger partial charge in [0.15, 0.2) is 5.82 Å². The Balaban J connectivity index is 1.39. The third-order valence-electron chi connectivity index (χ3n) is 5.30. The summed E-state index contributed by atoms with van der Waals surface area (Å²) in [5.41, 5.74) is 11.3. The molecule has 0 radical (unpaired) electrons. The zero-order valence-corrected chi connectivity index (χ0v) is 18.2. The second kappa shape index (κ2) is 8.72. The number of carbonyl (C=O) groups is 1. The summed E-state index contributed by atoms with van der Waals surface area (Å²) in [5.74, 6) is -0.334. The lowest BCUT2D eigenvalue weighted by Crippen LogP contribution is -2.13. The molecule has 0 saturated heterocycles. The molecule has 7 nitrogen and oxygen atoms in total. The normalized spacial score (nSPS) is 11.4. The summed E-state index contributed by atoms with van der Waals surface area (Å²) in [7, 11) is 0. The van der Waals surface area contributed by atoms with E-state index in [1.165, 1.54) is 0 Å². The van der Waals surface area contributed by atoms with Crippen molar-refractivity contribution in [3.05, 3.63) is 107 Å². The lowest BCUT2D eigenvalue weighted by molar-refractivity contribution is 0.100. The molecule has 162 valence electrons. The summed E-state index contributed by atoms with van der Waals surface area (Å²) >= 11 is 6.06. The summed E-state index contributed by atoms with van der Waals surface area (Å²) in [5, 5.41) is 7.70. The largest absolute Gasteiger partial charge is 0.365 e. The summed E-state index contributed by atoms with van der Waals surface area (Å²) in [6, 6.07) is 23.2. The first kappa shape index (κ1) is 20.7. The highest BCUT2D eigenvalue weighted by atomic mass is 35.5. The van der Waals surface area contributed by atoms with Gasteiger partial charge in [-0.3, -0.25) is 14.5 Å². The second-order valence-electron chi connectivity index (χ2n) is 7.52. The molecule has 33 heavy (non-hydrogen) atoms. The fraction of sp³-hybridized carbons (Fsp3) is 0.0400. The molecule has 2 aromatic heterocycles. The molecule has 0 unspecified atom stereocenters. The van der Waals surface area contributed by atoms with E-state index in [0.717, 1.165) is 27.8 Å². The number of carbonyl (C=O) groups excluding carboxylic acids is 1. The quantitative estimate of drug-likeness (QED) is 0.359. The monoisotopic (exact) mass is 454 g/mol. The van der Waals surface area contributed by atoms with Gasteiger partial charge in [-0.1, -0.05) is 48.0 Å². The fourth-order valence-electron chi connectivity index (χ4n) is 3.72. The lowest BCUT2D eigenvalue weighted by atomic mass is 10.1. The molecule has 5 rings (SSSR count). The third-order valence-corrected chi connectivity index (χ3v) is 5.53. The molecule has 0 aliphatic rings. The zero-order chi connectivity index (χ0) is 22.8. The molecular weight excluding hydrogens is 436 g/mol. The number of primary amides is 1. The minimum atomic E-state index is -0.588. The van der Waals surface area contributed by atoms with Crippen molar-refractivity contribution >= 4 is 40.6 Å². The Hall–Kier alpha value is -4.23. The van der Waals surface area contributed by atoms with Crippen molar-refractivity contribution in [3.8, 4) is 5.69 Å². The van der Waals surface area contributed by atoms with Gasteiger partial charge in [0.1, 0.15) is 11.9 Å². The molecule has 0 bridgehead atoms. The SMILES string of the molecule is NC(=O)c1c(N=Cc2ccc(-n3cnc4ccccc43)cc2)n[nH]c1Cc1cccc(Cl)c1. The molecule has 0 atom stereocenters. The molecule has 3 aromatic carbocycles. The highest BCUT2D eigenvalue weighted by molar-refractivity contribution is 6.30. The molecule has 5 aromatic rings. The van der Waals surface area contributed by atoms with Crippen LogP contribution < -0.4 is 5.73 Å². The molecule has 0 aliphatic heterocycles. The molecule has 0 saturated carbocycles. The third kappa shape index (κ3) is 4.26. The number of hydrogen-bond donors (Lipinski definition) is 2. The first-order chi connectivity index (χ1) is 16.1. The number of aromatic amines is 1. The lowest BCUT2D eigenvalue weighted by Gasteiger charge is -2.04. The number of para-hydroxylation sites is 2. The number of aromatic nitrogens is 4. The summed E-state index contributed by atoms with van der Waals surface area (Å²) in [6.45, 7) is 0. The Bertz CT molecular complexity index is 1480. The van der Waals surface area contributed by atoms with E-state index in [4.69, 9.17) is 17.3 Å². The maximum Gasteiger partial charge on any atom is 0.254 e. The van der Waals surface area contributed by atoms with Crippen LogP contribution in [0.5, 0.6) is 0 Å². The van der Waals surface area contributed by atoms with Crippen LogP contribution in [0.3, 0.4) is 0 Å². The average Bonchev–Trinajstić information content (AvgIpc) is 3.42. The van der Waals surface area contributed by atoms with Crippen molar-refractivity contribution in [3.63, 3.8) is 0 Å². The van der Waals surface area contributed by atoms with Crippen LogP contribution in [0.4, 0.5) is 5.82 Å². The van der Waals surface area contributed by atoms with E-state index >= 15 is 0 Å². The first-order valence-electron chi connectivity index (χ1n) is 10.3. The van der Waals surface area contributed by atoms with E-state index in [0.29, 0.717) is 17.1 Å². The van der Waals surface area contributed by atoms with E-state index in [2.05, 4.69) is 20.2 Å². The number of nitrogens with zero attached hydrogens (tertiary/aromatic N) is 4. The minimum absolute atomic E-state index is 0.254. The Morgan fingerprint density at radius 2 is 1.91 bits per heavy atom. The molecule has 2 heterocycles. The van der Waals surface area contributed by atoms with Gasteiger partial charge in [0.25, 0.3) is 5.91 Å². The van der Waals surface area contributed by atoms with Gasteiger partial charge in [0.05, 0.1) is 16.7 Å². The number of fused-ring (bicyclic) bond motifs is 1. The number of nitrogens with two attached hydrogens (primary N) is 1.